The molecular weight excluding hydrogens is 338 g/mol. The molecule has 1 atom stereocenters. The molecule has 1 saturated heterocycles. The SMILES string of the molecule is CCc1noc(C)c1C(=O)Nc1cnn(CC(=O)NC[C@@H]2CCCO2)c1. The first-order valence-electron chi connectivity index (χ1n) is 8.74. The Morgan fingerprint density at radius 1 is 1.42 bits per heavy atom. The summed E-state index contributed by atoms with van der Waals surface area (Å²) in [4.78, 5) is 24.4. The minimum absolute atomic E-state index is 0.0785. The zero-order chi connectivity index (χ0) is 18.5. The first-order valence-corrected chi connectivity index (χ1v) is 8.74. The number of carbonyl (C=O) groups is 2. The van der Waals surface area contributed by atoms with Gasteiger partial charge in [0.25, 0.3) is 5.91 Å². The fraction of sp³-hybridized carbons (Fsp3) is 0.529. The van der Waals surface area contributed by atoms with Crippen molar-refractivity contribution in [3.05, 3.63) is 29.4 Å². The molecule has 9 heteroatoms. The third-order valence-electron chi connectivity index (χ3n) is 4.24. The maximum Gasteiger partial charge on any atom is 0.261 e. The molecule has 2 amide bonds. The van der Waals surface area contributed by atoms with Crippen LogP contribution in [0.4, 0.5) is 5.69 Å². The van der Waals surface area contributed by atoms with Gasteiger partial charge >= 0.3 is 0 Å². The molecule has 3 rings (SSSR count). The number of carbonyl (C=O) groups excluding carboxylic acids is 2. The second-order valence-corrected chi connectivity index (χ2v) is 6.23. The van der Waals surface area contributed by atoms with E-state index in [1.54, 1.807) is 13.1 Å². The van der Waals surface area contributed by atoms with Gasteiger partial charge in [0, 0.05) is 19.3 Å². The van der Waals surface area contributed by atoms with E-state index >= 15 is 0 Å². The molecule has 140 valence electrons. The van der Waals surface area contributed by atoms with Crippen LogP contribution in [0, 0.1) is 6.92 Å². The van der Waals surface area contributed by atoms with Crippen molar-refractivity contribution in [3.8, 4) is 0 Å². The molecule has 0 aliphatic carbocycles. The van der Waals surface area contributed by atoms with Crippen LogP contribution >= 0.6 is 0 Å². The number of anilines is 1. The van der Waals surface area contributed by atoms with Crippen LogP contribution < -0.4 is 10.6 Å². The standard InChI is InChI=1S/C17H23N5O4/c1-3-14-16(11(2)26-21-14)17(24)20-12-7-19-22(9-12)10-15(23)18-8-13-5-4-6-25-13/h7,9,13H,3-6,8,10H2,1-2H3,(H,18,23)(H,20,24)/t13-/m0/s1. The highest BCUT2D eigenvalue weighted by Gasteiger charge is 2.20. The number of ether oxygens (including phenoxy) is 1. The summed E-state index contributed by atoms with van der Waals surface area (Å²) < 4.78 is 12.0. The summed E-state index contributed by atoms with van der Waals surface area (Å²) in [6.07, 6.45) is 5.82. The molecule has 0 bridgehead atoms. The average Bonchev–Trinajstić information content (AvgIpc) is 3.34. The Bertz CT molecular complexity index is 776. The topological polar surface area (TPSA) is 111 Å². The number of amides is 2. The van der Waals surface area contributed by atoms with Crippen LogP contribution in [0.5, 0.6) is 0 Å². The number of rotatable bonds is 7. The molecule has 1 aliphatic heterocycles. The summed E-state index contributed by atoms with van der Waals surface area (Å²) in [7, 11) is 0. The predicted molar refractivity (Wildman–Crippen MR) is 92.8 cm³/mol. The van der Waals surface area contributed by atoms with Gasteiger partial charge in [0.1, 0.15) is 17.9 Å². The lowest BCUT2D eigenvalue weighted by molar-refractivity contribution is -0.122. The van der Waals surface area contributed by atoms with E-state index in [9.17, 15) is 9.59 Å². The van der Waals surface area contributed by atoms with E-state index in [4.69, 9.17) is 9.26 Å². The van der Waals surface area contributed by atoms with Crippen molar-refractivity contribution in [2.24, 2.45) is 0 Å². The van der Waals surface area contributed by atoms with Gasteiger partial charge in [-0.05, 0) is 26.2 Å². The number of hydrogen-bond donors (Lipinski definition) is 2. The molecule has 0 spiro atoms. The number of aromatic nitrogens is 3. The van der Waals surface area contributed by atoms with Crippen LogP contribution in [0.25, 0.3) is 0 Å². The van der Waals surface area contributed by atoms with E-state index in [1.165, 1.54) is 10.9 Å². The highest BCUT2D eigenvalue weighted by molar-refractivity contribution is 6.05. The minimum Gasteiger partial charge on any atom is -0.376 e. The molecule has 0 aromatic carbocycles. The fourth-order valence-electron chi connectivity index (χ4n) is 2.89. The molecule has 26 heavy (non-hydrogen) atoms. The lowest BCUT2D eigenvalue weighted by atomic mass is 10.1. The lowest BCUT2D eigenvalue weighted by Gasteiger charge is -2.10. The van der Waals surface area contributed by atoms with Crippen LogP contribution in [0.15, 0.2) is 16.9 Å². The second kappa shape index (κ2) is 8.13. The normalized spacial score (nSPS) is 16.6. The van der Waals surface area contributed by atoms with Crippen LogP contribution in [-0.4, -0.2) is 46.0 Å². The highest BCUT2D eigenvalue weighted by atomic mass is 16.5. The van der Waals surface area contributed by atoms with Gasteiger partial charge in [-0.3, -0.25) is 14.3 Å². The van der Waals surface area contributed by atoms with Crippen molar-refractivity contribution >= 4 is 17.5 Å². The number of hydrogen-bond acceptors (Lipinski definition) is 6. The Balaban J connectivity index is 1.53. The average molecular weight is 361 g/mol. The lowest BCUT2D eigenvalue weighted by Crippen LogP contribution is -2.34. The molecule has 0 radical (unpaired) electrons. The fourth-order valence-corrected chi connectivity index (χ4v) is 2.89. The molecule has 1 fully saturated rings. The molecule has 3 heterocycles. The quantitative estimate of drug-likeness (QED) is 0.769. The van der Waals surface area contributed by atoms with Gasteiger partial charge in [-0.1, -0.05) is 12.1 Å². The van der Waals surface area contributed by atoms with Crippen molar-refractivity contribution in [2.75, 3.05) is 18.5 Å². The van der Waals surface area contributed by atoms with Gasteiger partial charge in [-0.25, -0.2) is 0 Å². The minimum atomic E-state index is -0.303. The van der Waals surface area contributed by atoms with Crippen molar-refractivity contribution in [3.63, 3.8) is 0 Å². The Morgan fingerprint density at radius 3 is 3.00 bits per heavy atom. The van der Waals surface area contributed by atoms with Crippen LogP contribution in [0.3, 0.4) is 0 Å². The molecule has 2 aromatic heterocycles. The van der Waals surface area contributed by atoms with Gasteiger partial charge in [0.05, 0.1) is 23.7 Å². The summed E-state index contributed by atoms with van der Waals surface area (Å²) in [5, 5.41) is 13.6. The zero-order valence-electron chi connectivity index (χ0n) is 14.9. The van der Waals surface area contributed by atoms with E-state index in [1.807, 2.05) is 6.92 Å². The van der Waals surface area contributed by atoms with Gasteiger partial charge in [-0.2, -0.15) is 5.10 Å². The summed E-state index contributed by atoms with van der Waals surface area (Å²) in [5.74, 6) is 0.0212. The Hall–Kier alpha value is -2.68. The van der Waals surface area contributed by atoms with Crippen LogP contribution in [-0.2, 0) is 22.5 Å². The van der Waals surface area contributed by atoms with E-state index in [2.05, 4.69) is 20.9 Å². The molecule has 0 unspecified atom stereocenters. The van der Waals surface area contributed by atoms with E-state index in [0.717, 1.165) is 19.4 Å². The smallest absolute Gasteiger partial charge is 0.261 e. The molecule has 1 aliphatic rings. The first kappa shape index (κ1) is 18.1. The first-order chi connectivity index (χ1) is 12.6. The van der Waals surface area contributed by atoms with Gasteiger partial charge in [-0.15, -0.1) is 0 Å². The van der Waals surface area contributed by atoms with Crippen molar-refractivity contribution < 1.29 is 18.8 Å². The summed E-state index contributed by atoms with van der Waals surface area (Å²) in [6, 6.07) is 0. The van der Waals surface area contributed by atoms with Gasteiger partial charge in [0.15, 0.2) is 0 Å². The third-order valence-corrected chi connectivity index (χ3v) is 4.24. The largest absolute Gasteiger partial charge is 0.376 e. The molecule has 9 nitrogen and oxygen atoms in total. The summed E-state index contributed by atoms with van der Waals surface area (Å²) in [6.45, 7) is 4.95. The summed E-state index contributed by atoms with van der Waals surface area (Å²) >= 11 is 0. The Morgan fingerprint density at radius 2 is 2.27 bits per heavy atom. The molecule has 0 saturated carbocycles. The molecule has 2 N–H and O–H groups in total. The predicted octanol–water partition coefficient (Wildman–Crippen LogP) is 1.29. The van der Waals surface area contributed by atoms with E-state index < -0.39 is 0 Å². The number of nitrogens with zero attached hydrogens (tertiary/aromatic N) is 3. The number of aryl methyl sites for hydroxylation is 2. The van der Waals surface area contributed by atoms with Crippen LogP contribution in [0.2, 0.25) is 0 Å². The summed E-state index contributed by atoms with van der Waals surface area (Å²) in [5.41, 5.74) is 1.56. The zero-order valence-corrected chi connectivity index (χ0v) is 14.9. The maximum absolute atomic E-state index is 12.4. The van der Waals surface area contributed by atoms with Gasteiger partial charge in [0.2, 0.25) is 5.91 Å². The Kier molecular flexibility index (Phi) is 5.67. The monoisotopic (exact) mass is 361 g/mol. The van der Waals surface area contributed by atoms with E-state index in [0.29, 0.717) is 35.7 Å². The molecular formula is C17H23N5O4. The maximum atomic E-state index is 12.4. The van der Waals surface area contributed by atoms with Gasteiger partial charge < -0.3 is 19.9 Å². The second-order valence-electron chi connectivity index (χ2n) is 6.23. The molecule has 2 aromatic rings. The number of nitrogens with one attached hydrogen (secondary N) is 2. The van der Waals surface area contributed by atoms with E-state index in [-0.39, 0.29) is 24.5 Å². The van der Waals surface area contributed by atoms with Crippen molar-refractivity contribution in [2.45, 2.75) is 45.8 Å². The highest BCUT2D eigenvalue weighted by Crippen LogP contribution is 2.16. The third kappa shape index (κ3) is 4.29. The van der Waals surface area contributed by atoms with Crippen molar-refractivity contribution in [1.29, 1.82) is 0 Å². The Labute approximate surface area is 151 Å². The van der Waals surface area contributed by atoms with Crippen LogP contribution in [0.1, 0.15) is 41.6 Å². The van der Waals surface area contributed by atoms with Crippen molar-refractivity contribution in [1.82, 2.24) is 20.3 Å².